The van der Waals surface area contributed by atoms with Crippen molar-refractivity contribution in [3.63, 3.8) is 0 Å². The normalized spacial score (nSPS) is 32.2. The number of nitrogens with zero attached hydrogens (tertiary/aromatic N) is 1. The maximum absolute atomic E-state index is 12.5. The minimum absolute atomic E-state index is 0. The summed E-state index contributed by atoms with van der Waals surface area (Å²) in [4.78, 5) is 14.4. The first-order valence-electron chi connectivity index (χ1n) is 6.29. The van der Waals surface area contributed by atoms with Gasteiger partial charge in [-0.05, 0) is 32.2 Å². The summed E-state index contributed by atoms with van der Waals surface area (Å²) in [6.45, 7) is 4.54. The van der Waals surface area contributed by atoms with E-state index in [1.165, 1.54) is 0 Å². The molecule has 100 valence electrons. The van der Waals surface area contributed by atoms with Crippen molar-refractivity contribution < 1.29 is 9.53 Å². The van der Waals surface area contributed by atoms with E-state index in [2.05, 4.69) is 12.2 Å². The quantitative estimate of drug-likeness (QED) is 0.831. The number of rotatable bonds is 3. The number of nitrogens with one attached hydrogen (secondary N) is 1. The van der Waals surface area contributed by atoms with E-state index in [4.69, 9.17) is 4.74 Å². The first-order chi connectivity index (χ1) is 7.69. The van der Waals surface area contributed by atoms with Crippen molar-refractivity contribution in [2.24, 2.45) is 0 Å². The molecule has 2 aliphatic rings. The maximum Gasteiger partial charge on any atom is 0.242 e. The highest BCUT2D eigenvalue weighted by Crippen LogP contribution is 2.26. The average Bonchev–Trinajstić information content (AvgIpc) is 2.98. The second-order valence-electron chi connectivity index (χ2n) is 4.90. The van der Waals surface area contributed by atoms with Gasteiger partial charge in [-0.3, -0.25) is 4.79 Å². The van der Waals surface area contributed by atoms with E-state index in [9.17, 15) is 4.79 Å². The Morgan fingerprint density at radius 2 is 2.35 bits per heavy atom. The van der Waals surface area contributed by atoms with Crippen LogP contribution in [0.5, 0.6) is 0 Å². The minimum atomic E-state index is -0.294. The standard InChI is InChI=1S/C12H22N2O2.ClH/c1-3-12(6-4-7-13-12)11(15)14(2)10-5-8-16-9-10;/h10,13H,3-9H2,1-2H3;1H. The number of ether oxygens (including phenoxy) is 1. The second kappa shape index (κ2) is 6.03. The van der Waals surface area contributed by atoms with E-state index in [-0.39, 0.29) is 29.9 Å². The van der Waals surface area contributed by atoms with Crippen molar-refractivity contribution in [3.8, 4) is 0 Å². The molecule has 2 aliphatic heterocycles. The summed E-state index contributed by atoms with van der Waals surface area (Å²) in [6, 6.07) is 0.276. The molecule has 1 N–H and O–H groups in total. The summed E-state index contributed by atoms with van der Waals surface area (Å²) >= 11 is 0. The summed E-state index contributed by atoms with van der Waals surface area (Å²) < 4.78 is 5.34. The fraction of sp³-hybridized carbons (Fsp3) is 0.917. The van der Waals surface area contributed by atoms with Crippen molar-refractivity contribution in [1.82, 2.24) is 10.2 Å². The summed E-state index contributed by atoms with van der Waals surface area (Å²) in [5.41, 5.74) is -0.294. The molecule has 2 saturated heterocycles. The molecule has 17 heavy (non-hydrogen) atoms. The largest absolute Gasteiger partial charge is 0.379 e. The second-order valence-corrected chi connectivity index (χ2v) is 4.90. The number of carbonyl (C=O) groups is 1. The lowest BCUT2D eigenvalue weighted by Crippen LogP contribution is -2.56. The minimum Gasteiger partial charge on any atom is -0.379 e. The van der Waals surface area contributed by atoms with Crippen molar-refractivity contribution in [2.45, 2.75) is 44.2 Å². The predicted octanol–water partition coefficient (Wildman–Crippen LogP) is 1.19. The monoisotopic (exact) mass is 262 g/mol. The molecule has 2 atom stereocenters. The fourth-order valence-corrected chi connectivity index (χ4v) is 2.77. The van der Waals surface area contributed by atoms with Crippen molar-refractivity contribution in [2.75, 3.05) is 26.8 Å². The smallest absolute Gasteiger partial charge is 0.242 e. The molecule has 0 aromatic heterocycles. The highest BCUT2D eigenvalue weighted by atomic mass is 35.5. The van der Waals surface area contributed by atoms with Gasteiger partial charge in [-0.25, -0.2) is 0 Å². The molecule has 2 rings (SSSR count). The van der Waals surface area contributed by atoms with Gasteiger partial charge in [-0.2, -0.15) is 0 Å². The van der Waals surface area contributed by atoms with E-state index >= 15 is 0 Å². The number of amides is 1. The van der Waals surface area contributed by atoms with Crippen LogP contribution in [0, 0.1) is 0 Å². The van der Waals surface area contributed by atoms with Gasteiger partial charge in [0.05, 0.1) is 18.2 Å². The average molecular weight is 263 g/mol. The summed E-state index contributed by atoms with van der Waals surface area (Å²) in [7, 11) is 1.92. The predicted molar refractivity (Wildman–Crippen MR) is 69.5 cm³/mol. The molecule has 4 nitrogen and oxygen atoms in total. The van der Waals surface area contributed by atoms with E-state index in [1.807, 2.05) is 11.9 Å². The number of likely N-dealkylation sites (N-methyl/N-ethyl adjacent to an activating group) is 1. The number of halogens is 1. The van der Waals surface area contributed by atoms with Crippen LogP contribution in [0.15, 0.2) is 0 Å². The molecule has 0 aromatic rings. The highest BCUT2D eigenvalue weighted by Gasteiger charge is 2.42. The molecule has 0 aromatic carbocycles. The lowest BCUT2D eigenvalue weighted by Gasteiger charge is -2.34. The third kappa shape index (κ3) is 2.75. The molecule has 0 radical (unpaired) electrons. The van der Waals surface area contributed by atoms with Gasteiger partial charge < -0.3 is 15.0 Å². The Morgan fingerprint density at radius 3 is 2.82 bits per heavy atom. The zero-order valence-electron chi connectivity index (χ0n) is 10.7. The summed E-state index contributed by atoms with van der Waals surface area (Å²) in [6.07, 6.45) is 3.93. The van der Waals surface area contributed by atoms with E-state index in [0.717, 1.165) is 38.8 Å². The highest BCUT2D eigenvalue weighted by molar-refractivity contribution is 5.86. The summed E-state index contributed by atoms with van der Waals surface area (Å²) in [5.74, 6) is 0.253. The molecule has 0 bridgehead atoms. The van der Waals surface area contributed by atoms with Crippen LogP contribution in [0.25, 0.3) is 0 Å². The lowest BCUT2D eigenvalue weighted by atomic mass is 9.92. The molecule has 2 fully saturated rings. The van der Waals surface area contributed by atoms with Gasteiger partial charge in [0.2, 0.25) is 5.91 Å². The summed E-state index contributed by atoms with van der Waals surface area (Å²) in [5, 5.41) is 3.39. The zero-order chi connectivity index (χ0) is 11.6. The molecular formula is C12H23ClN2O2. The Hall–Kier alpha value is -0.320. The molecule has 0 saturated carbocycles. The van der Waals surface area contributed by atoms with Crippen LogP contribution < -0.4 is 5.32 Å². The molecular weight excluding hydrogens is 240 g/mol. The lowest BCUT2D eigenvalue weighted by molar-refractivity contribution is -0.138. The molecule has 0 spiro atoms. The zero-order valence-corrected chi connectivity index (χ0v) is 11.5. The van der Waals surface area contributed by atoms with Crippen LogP contribution in [0.3, 0.4) is 0 Å². The van der Waals surface area contributed by atoms with Gasteiger partial charge in [-0.1, -0.05) is 6.92 Å². The van der Waals surface area contributed by atoms with Gasteiger partial charge >= 0.3 is 0 Å². The third-order valence-electron chi connectivity index (χ3n) is 4.03. The van der Waals surface area contributed by atoms with Gasteiger partial charge in [-0.15, -0.1) is 12.4 Å². The molecule has 5 heteroatoms. The van der Waals surface area contributed by atoms with E-state index in [0.29, 0.717) is 6.61 Å². The topological polar surface area (TPSA) is 41.6 Å². The van der Waals surface area contributed by atoms with Crippen LogP contribution in [-0.2, 0) is 9.53 Å². The van der Waals surface area contributed by atoms with Crippen LogP contribution in [0.1, 0.15) is 32.6 Å². The maximum atomic E-state index is 12.5. The molecule has 1 amide bonds. The third-order valence-corrected chi connectivity index (χ3v) is 4.03. The SMILES string of the molecule is CCC1(C(=O)N(C)C2CCOC2)CCCN1.Cl. The van der Waals surface area contributed by atoms with Crippen LogP contribution in [0.4, 0.5) is 0 Å². The number of hydrogen-bond donors (Lipinski definition) is 1. The van der Waals surface area contributed by atoms with Gasteiger partial charge in [0.1, 0.15) is 0 Å². The number of hydrogen-bond acceptors (Lipinski definition) is 3. The van der Waals surface area contributed by atoms with Crippen LogP contribution >= 0.6 is 12.4 Å². The first kappa shape index (κ1) is 14.7. The fourth-order valence-electron chi connectivity index (χ4n) is 2.77. The van der Waals surface area contributed by atoms with Crippen molar-refractivity contribution >= 4 is 18.3 Å². The Labute approximate surface area is 109 Å². The first-order valence-corrected chi connectivity index (χ1v) is 6.29. The molecule has 2 heterocycles. The van der Waals surface area contributed by atoms with Crippen molar-refractivity contribution in [1.29, 1.82) is 0 Å². The Bertz CT molecular complexity index is 261. The number of carbonyl (C=O) groups excluding carboxylic acids is 1. The molecule has 0 aliphatic carbocycles. The van der Waals surface area contributed by atoms with E-state index in [1.54, 1.807) is 0 Å². The van der Waals surface area contributed by atoms with Gasteiger partial charge in [0.25, 0.3) is 0 Å². The molecule has 2 unspecified atom stereocenters. The Balaban J connectivity index is 0.00000144. The van der Waals surface area contributed by atoms with Crippen molar-refractivity contribution in [3.05, 3.63) is 0 Å². The van der Waals surface area contributed by atoms with E-state index < -0.39 is 0 Å². The Kier molecular flexibility index (Phi) is 5.22. The Morgan fingerprint density at radius 1 is 1.59 bits per heavy atom. The van der Waals surface area contributed by atoms with Crippen LogP contribution in [-0.4, -0.2) is 49.2 Å². The van der Waals surface area contributed by atoms with Gasteiger partial charge in [0, 0.05) is 13.7 Å². The van der Waals surface area contributed by atoms with Crippen LogP contribution in [0.2, 0.25) is 0 Å². The van der Waals surface area contributed by atoms with Gasteiger partial charge in [0.15, 0.2) is 0 Å².